The van der Waals surface area contributed by atoms with Crippen molar-refractivity contribution in [3.8, 4) is 0 Å². The van der Waals surface area contributed by atoms with Gasteiger partial charge in [-0.1, -0.05) is 32.0 Å². The van der Waals surface area contributed by atoms with Gasteiger partial charge in [-0.25, -0.2) is 9.78 Å². The number of nitrogens with one attached hydrogen (secondary N) is 1. The Labute approximate surface area is 149 Å². The molecule has 2 aromatic carbocycles. The molecular formula is C19H18N2O3S. The average Bonchev–Trinajstić information content (AvgIpc) is 3.07. The van der Waals surface area contributed by atoms with Crippen LogP contribution in [0.25, 0.3) is 10.2 Å². The van der Waals surface area contributed by atoms with Crippen molar-refractivity contribution < 1.29 is 14.3 Å². The minimum absolute atomic E-state index is 0.153. The van der Waals surface area contributed by atoms with Crippen LogP contribution in [-0.2, 0) is 9.53 Å². The third-order valence-electron chi connectivity index (χ3n) is 3.71. The molecule has 1 amide bonds. The van der Waals surface area contributed by atoms with Crippen LogP contribution in [0.1, 0.15) is 24.2 Å². The minimum Gasteiger partial charge on any atom is -0.448 e. The zero-order valence-corrected chi connectivity index (χ0v) is 14.7. The molecule has 1 heterocycles. The van der Waals surface area contributed by atoms with E-state index in [9.17, 15) is 9.59 Å². The number of para-hydroxylation sites is 1. The van der Waals surface area contributed by atoms with E-state index in [0.29, 0.717) is 11.3 Å². The second kappa shape index (κ2) is 7.44. The number of fused-ring (bicyclic) bond motifs is 1. The topological polar surface area (TPSA) is 68.3 Å². The van der Waals surface area contributed by atoms with Gasteiger partial charge in [-0.2, -0.15) is 0 Å². The molecule has 0 unspecified atom stereocenters. The molecular weight excluding hydrogens is 336 g/mol. The average molecular weight is 354 g/mol. The first-order valence-corrected chi connectivity index (χ1v) is 8.82. The Bertz CT molecular complexity index is 890. The van der Waals surface area contributed by atoms with Crippen LogP contribution in [0.5, 0.6) is 0 Å². The Balaban J connectivity index is 1.74. The van der Waals surface area contributed by atoms with Crippen LogP contribution >= 0.6 is 11.3 Å². The Morgan fingerprint density at radius 3 is 2.60 bits per heavy atom. The number of carbonyl (C=O) groups is 2. The second-order valence-corrected chi connectivity index (χ2v) is 6.85. The largest absolute Gasteiger partial charge is 0.448 e. The molecule has 0 aliphatic carbocycles. The molecule has 0 saturated heterocycles. The molecule has 0 radical (unpaired) electrons. The van der Waals surface area contributed by atoms with E-state index in [1.807, 2.05) is 32.0 Å². The molecule has 128 valence electrons. The molecule has 0 aliphatic heterocycles. The number of hydrogen-bond donors (Lipinski definition) is 1. The van der Waals surface area contributed by atoms with Crippen molar-refractivity contribution in [2.75, 3.05) is 5.32 Å². The number of carbonyl (C=O) groups excluding carboxylic acids is 2. The van der Waals surface area contributed by atoms with Gasteiger partial charge in [0.25, 0.3) is 5.91 Å². The summed E-state index contributed by atoms with van der Waals surface area (Å²) in [6.45, 7) is 3.68. The first-order valence-electron chi connectivity index (χ1n) is 7.95. The number of esters is 1. The van der Waals surface area contributed by atoms with Gasteiger partial charge in [-0.3, -0.25) is 4.79 Å². The van der Waals surface area contributed by atoms with Gasteiger partial charge in [0.1, 0.15) is 0 Å². The van der Waals surface area contributed by atoms with Gasteiger partial charge in [0.2, 0.25) is 0 Å². The molecule has 6 heteroatoms. The number of rotatable bonds is 5. The van der Waals surface area contributed by atoms with E-state index >= 15 is 0 Å². The number of nitrogens with zero attached hydrogens (tertiary/aromatic N) is 1. The van der Waals surface area contributed by atoms with Gasteiger partial charge >= 0.3 is 5.97 Å². The number of ether oxygens (including phenoxy) is 1. The van der Waals surface area contributed by atoms with E-state index in [2.05, 4.69) is 10.3 Å². The number of thiazole rings is 1. The maximum atomic E-state index is 12.5. The highest BCUT2D eigenvalue weighted by Gasteiger charge is 2.27. The van der Waals surface area contributed by atoms with Crippen molar-refractivity contribution in [1.82, 2.24) is 4.98 Å². The monoisotopic (exact) mass is 354 g/mol. The van der Waals surface area contributed by atoms with Crippen LogP contribution in [0.3, 0.4) is 0 Å². The Morgan fingerprint density at radius 1 is 1.12 bits per heavy atom. The summed E-state index contributed by atoms with van der Waals surface area (Å²) in [5.41, 5.74) is 3.64. The summed E-state index contributed by atoms with van der Waals surface area (Å²) in [5.74, 6) is -1.01. The molecule has 0 aliphatic rings. The Kier molecular flexibility index (Phi) is 5.09. The standard InChI is InChI=1S/C19H18N2O3S/c1-12(2)17(18(22)21-14-6-4-3-5-7-14)24-19(23)13-8-9-15-16(10-13)25-11-20-15/h3-12,17H,1-2H3,(H,21,22)/t17-/m0/s1. The number of aromatic nitrogens is 1. The molecule has 5 nitrogen and oxygen atoms in total. The van der Waals surface area contributed by atoms with Crippen molar-refractivity contribution in [1.29, 1.82) is 0 Å². The van der Waals surface area contributed by atoms with Crippen molar-refractivity contribution in [2.45, 2.75) is 20.0 Å². The molecule has 0 saturated carbocycles. The molecule has 1 aromatic heterocycles. The molecule has 3 rings (SSSR count). The minimum atomic E-state index is -0.870. The van der Waals surface area contributed by atoms with E-state index in [1.54, 1.807) is 35.8 Å². The third-order valence-corrected chi connectivity index (χ3v) is 4.50. The highest BCUT2D eigenvalue weighted by atomic mass is 32.1. The summed E-state index contributed by atoms with van der Waals surface area (Å²) in [4.78, 5) is 29.1. The summed E-state index contributed by atoms with van der Waals surface area (Å²) in [6.07, 6.45) is -0.870. The summed E-state index contributed by atoms with van der Waals surface area (Å²) < 4.78 is 6.40. The van der Waals surface area contributed by atoms with Gasteiger partial charge in [-0.05, 0) is 36.2 Å². The van der Waals surface area contributed by atoms with Crippen molar-refractivity contribution in [2.24, 2.45) is 5.92 Å². The van der Waals surface area contributed by atoms with Gasteiger partial charge in [0.05, 0.1) is 21.3 Å². The lowest BCUT2D eigenvalue weighted by Gasteiger charge is -2.20. The smallest absolute Gasteiger partial charge is 0.338 e. The first-order chi connectivity index (χ1) is 12.0. The predicted molar refractivity (Wildman–Crippen MR) is 98.7 cm³/mol. The summed E-state index contributed by atoms with van der Waals surface area (Å²) >= 11 is 1.45. The molecule has 0 bridgehead atoms. The van der Waals surface area contributed by atoms with Gasteiger partial charge < -0.3 is 10.1 Å². The summed E-state index contributed by atoms with van der Waals surface area (Å²) in [6, 6.07) is 14.3. The van der Waals surface area contributed by atoms with E-state index < -0.39 is 12.1 Å². The quantitative estimate of drug-likeness (QED) is 0.700. The molecule has 25 heavy (non-hydrogen) atoms. The normalized spacial score (nSPS) is 12.1. The highest BCUT2D eigenvalue weighted by Crippen LogP contribution is 2.21. The first kappa shape index (κ1) is 17.1. The zero-order chi connectivity index (χ0) is 17.8. The Morgan fingerprint density at radius 2 is 1.88 bits per heavy atom. The van der Waals surface area contributed by atoms with Crippen molar-refractivity contribution in [3.63, 3.8) is 0 Å². The Hall–Kier alpha value is -2.73. The lowest BCUT2D eigenvalue weighted by atomic mass is 10.1. The van der Waals surface area contributed by atoms with E-state index in [0.717, 1.165) is 10.2 Å². The van der Waals surface area contributed by atoms with Gasteiger partial charge in [0, 0.05) is 5.69 Å². The lowest BCUT2D eigenvalue weighted by Crippen LogP contribution is -2.36. The van der Waals surface area contributed by atoms with Crippen LogP contribution in [0, 0.1) is 5.92 Å². The number of anilines is 1. The fraction of sp³-hybridized carbons (Fsp3) is 0.211. The van der Waals surface area contributed by atoms with Crippen molar-refractivity contribution in [3.05, 3.63) is 59.6 Å². The maximum Gasteiger partial charge on any atom is 0.338 e. The van der Waals surface area contributed by atoms with Crippen LogP contribution in [0.4, 0.5) is 5.69 Å². The van der Waals surface area contributed by atoms with Crippen molar-refractivity contribution >= 4 is 39.1 Å². The van der Waals surface area contributed by atoms with E-state index in [4.69, 9.17) is 4.74 Å². The van der Waals surface area contributed by atoms with Gasteiger partial charge in [0.15, 0.2) is 6.10 Å². The fourth-order valence-electron chi connectivity index (χ4n) is 2.39. The molecule has 0 spiro atoms. The maximum absolute atomic E-state index is 12.5. The third kappa shape index (κ3) is 4.03. The zero-order valence-electron chi connectivity index (χ0n) is 13.9. The van der Waals surface area contributed by atoms with Gasteiger partial charge in [-0.15, -0.1) is 11.3 Å². The van der Waals surface area contributed by atoms with Crippen LogP contribution in [0.15, 0.2) is 54.0 Å². The number of benzene rings is 2. The fourth-order valence-corrected chi connectivity index (χ4v) is 3.11. The van der Waals surface area contributed by atoms with Crippen LogP contribution in [-0.4, -0.2) is 23.0 Å². The predicted octanol–water partition coefficient (Wildman–Crippen LogP) is 4.12. The summed E-state index contributed by atoms with van der Waals surface area (Å²) in [5, 5.41) is 2.78. The van der Waals surface area contributed by atoms with E-state index in [-0.39, 0.29) is 11.8 Å². The summed E-state index contributed by atoms with van der Waals surface area (Å²) in [7, 11) is 0. The molecule has 1 atom stereocenters. The van der Waals surface area contributed by atoms with Crippen LogP contribution in [0.2, 0.25) is 0 Å². The molecule has 0 fully saturated rings. The van der Waals surface area contributed by atoms with Crippen LogP contribution < -0.4 is 5.32 Å². The highest BCUT2D eigenvalue weighted by molar-refractivity contribution is 7.16. The molecule has 1 N–H and O–H groups in total. The lowest BCUT2D eigenvalue weighted by molar-refractivity contribution is -0.126. The number of hydrogen-bond acceptors (Lipinski definition) is 5. The van der Waals surface area contributed by atoms with E-state index in [1.165, 1.54) is 11.3 Å². The number of amides is 1. The SMILES string of the molecule is CC(C)[C@H](OC(=O)c1ccc2ncsc2c1)C(=O)Nc1ccccc1. The molecule has 3 aromatic rings. The second-order valence-electron chi connectivity index (χ2n) is 5.96.